The van der Waals surface area contributed by atoms with Gasteiger partial charge in [0.25, 0.3) is 0 Å². The van der Waals surface area contributed by atoms with E-state index in [-0.39, 0.29) is 43.1 Å². The van der Waals surface area contributed by atoms with Gasteiger partial charge in [0, 0.05) is 31.6 Å². The molecule has 2 amide bonds. The number of carbonyl (C=O) groups excluding carboxylic acids is 2. The Kier molecular flexibility index (Phi) is 9.49. The van der Waals surface area contributed by atoms with Crippen molar-refractivity contribution in [1.29, 1.82) is 0 Å². The van der Waals surface area contributed by atoms with Crippen molar-refractivity contribution in [1.82, 2.24) is 10.2 Å². The van der Waals surface area contributed by atoms with Crippen LogP contribution in [0.4, 0.5) is 5.69 Å². The SMILES string of the molecule is CCCN(CCC)C(=O)CCC(=O)NC1CCCc2cc(N)ccc21.Cl. The highest BCUT2D eigenvalue weighted by atomic mass is 35.5. The van der Waals surface area contributed by atoms with Crippen LogP contribution in [0.25, 0.3) is 0 Å². The van der Waals surface area contributed by atoms with E-state index in [1.807, 2.05) is 23.1 Å². The van der Waals surface area contributed by atoms with Crippen molar-refractivity contribution < 1.29 is 9.59 Å². The second-order valence-corrected chi connectivity index (χ2v) is 6.85. The van der Waals surface area contributed by atoms with Crippen LogP contribution in [0.5, 0.6) is 0 Å². The fourth-order valence-electron chi connectivity index (χ4n) is 3.53. The van der Waals surface area contributed by atoms with Gasteiger partial charge in [-0.1, -0.05) is 19.9 Å². The highest BCUT2D eigenvalue weighted by Gasteiger charge is 2.22. The lowest BCUT2D eigenvalue weighted by molar-refractivity contribution is -0.133. The topological polar surface area (TPSA) is 75.4 Å². The molecule has 146 valence electrons. The standard InChI is InChI=1S/C20H31N3O2.ClH/c1-3-12-23(13-4-2)20(25)11-10-19(24)22-18-7-5-6-15-14-16(21)8-9-17(15)18;/h8-9,14,18H,3-7,10-13,21H2,1-2H3,(H,22,24);1H. The van der Waals surface area contributed by atoms with Gasteiger partial charge in [-0.3, -0.25) is 9.59 Å². The van der Waals surface area contributed by atoms with Crippen LogP contribution < -0.4 is 11.1 Å². The number of anilines is 1. The van der Waals surface area contributed by atoms with E-state index in [0.29, 0.717) is 0 Å². The number of benzene rings is 1. The zero-order valence-corrected chi connectivity index (χ0v) is 16.7. The fourth-order valence-corrected chi connectivity index (χ4v) is 3.53. The molecule has 1 aromatic carbocycles. The Balaban J connectivity index is 0.00000338. The number of nitrogens with two attached hydrogens (primary N) is 1. The second kappa shape index (κ2) is 11.1. The van der Waals surface area contributed by atoms with Gasteiger partial charge in [-0.05, 0) is 55.4 Å². The zero-order valence-electron chi connectivity index (χ0n) is 15.9. The highest BCUT2D eigenvalue weighted by molar-refractivity contribution is 5.85. The average Bonchev–Trinajstić information content (AvgIpc) is 2.59. The predicted molar refractivity (Wildman–Crippen MR) is 108 cm³/mol. The molecule has 1 unspecified atom stereocenters. The van der Waals surface area contributed by atoms with Crippen LogP contribution in [0.3, 0.4) is 0 Å². The van der Waals surface area contributed by atoms with Crippen molar-refractivity contribution in [2.75, 3.05) is 18.8 Å². The summed E-state index contributed by atoms with van der Waals surface area (Å²) in [5.74, 6) is 0.0339. The molecule has 0 saturated carbocycles. The van der Waals surface area contributed by atoms with Crippen molar-refractivity contribution in [3.8, 4) is 0 Å². The summed E-state index contributed by atoms with van der Waals surface area (Å²) in [6, 6.07) is 5.95. The predicted octanol–water partition coefficient (Wildman–Crippen LogP) is 3.61. The third-order valence-electron chi connectivity index (χ3n) is 4.72. The van der Waals surface area contributed by atoms with Crippen LogP contribution in [-0.2, 0) is 16.0 Å². The van der Waals surface area contributed by atoms with E-state index in [9.17, 15) is 9.59 Å². The number of hydrogen-bond donors (Lipinski definition) is 2. The highest BCUT2D eigenvalue weighted by Crippen LogP contribution is 2.31. The lowest BCUT2D eigenvalue weighted by atomic mass is 9.87. The molecule has 6 heteroatoms. The molecule has 0 spiro atoms. The van der Waals surface area contributed by atoms with Crippen molar-refractivity contribution in [2.24, 2.45) is 0 Å². The Morgan fingerprint density at radius 3 is 2.54 bits per heavy atom. The first-order chi connectivity index (χ1) is 12.0. The Morgan fingerprint density at radius 2 is 1.88 bits per heavy atom. The van der Waals surface area contributed by atoms with Gasteiger partial charge < -0.3 is 16.0 Å². The van der Waals surface area contributed by atoms with E-state index in [1.54, 1.807) is 0 Å². The summed E-state index contributed by atoms with van der Waals surface area (Å²) in [6.07, 6.45) is 5.42. The first-order valence-corrected chi connectivity index (χ1v) is 9.50. The quantitative estimate of drug-likeness (QED) is 0.675. The van der Waals surface area contributed by atoms with Gasteiger partial charge in [-0.15, -0.1) is 12.4 Å². The maximum atomic E-state index is 12.3. The number of amides is 2. The van der Waals surface area contributed by atoms with Crippen LogP contribution in [0.15, 0.2) is 18.2 Å². The summed E-state index contributed by atoms with van der Waals surface area (Å²) < 4.78 is 0. The van der Waals surface area contributed by atoms with Gasteiger partial charge in [-0.2, -0.15) is 0 Å². The Hall–Kier alpha value is -1.75. The fraction of sp³-hybridized carbons (Fsp3) is 0.600. The molecule has 26 heavy (non-hydrogen) atoms. The van der Waals surface area contributed by atoms with Crippen molar-refractivity contribution >= 4 is 29.9 Å². The number of rotatable bonds is 8. The number of nitrogen functional groups attached to an aromatic ring is 1. The van der Waals surface area contributed by atoms with Gasteiger partial charge >= 0.3 is 0 Å². The van der Waals surface area contributed by atoms with Crippen molar-refractivity contribution in [3.05, 3.63) is 29.3 Å². The van der Waals surface area contributed by atoms with Crippen LogP contribution in [0, 0.1) is 0 Å². The summed E-state index contributed by atoms with van der Waals surface area (Å²) in [5.41, 5.74) is 9.02. The van der Waals surface area contributed by atoms with E-state index in [2.05, 4.69) is 19.2 Å². The number of fused-ring (bicyclic) bond motifs is 1. The van der Waals surface area contributed by atoms with E-state index in [4.69, 9.17) is 5.73 Å². The molecule has 2 rings (SSSR count). The maximum absolute atomic E-state index is 12.3. The van der Waals surface area contributed by atoms with Gasteiger partial charge in [0.1, 0.15) is 0 Å². The van der Waals surface area contributed by atoms with E-state index >= 15 is 0 Å². The van der Waals surface area contributed by atoms with Crippen LogP contribution in [0.2, 0.25) is 0 Å². The maximum Gasteiger partial charge on any atom is 0.223 e. The Bertz CT molecular complexity index is 601. The third kappa shape index (κ3) is 6.20. The summed E-state index contributed by atoms with van der Waals surface area (Å²) in [7, 11) is 0. The third-order valence-corrected chi connectivity index (χ3v) is 4.72. The van der Waals surface area contributed by atoms with Crippen LogP contribution in [0.1, 0.15) is 69.5 Å². The van der Waals surface area contributed by atoms with E-state index in [0.717, 1.165) is 50.9 Å². The van der Waals surface area contributed by atoms with Crippen LogP contribution >= 0.6 is 12.4 Å². The summed E-state index contributed by atoms with van der Waals surface area (Å²) in [4.78, 5) is 26.5. The molecular weight excluding hydrogens is 350 g/mol. The number of nitrogens with zero attached hydrogens (tertiary/aromatic N) is 1. The van der Waals surface area contributed by atoms with Crippen molar-refractivity contribution in [2.45, 2.75) is 64.8 Å². The Morgan fingerprint density at radius 1 is 1.19 bits per heavy atom. The summed E-state index contributed by atoms with van der Waals surface area (Å²) in [6.45, 7) is 5.67. The molecule has 1 aliphatic rings. The number of hydrogen-bond acceptors (Lipinski definition) is 3. The smallest absolute Gasteiger partial charge is 0.223 e. The van der Waals surface area contributed by atoms with E-state index < -0.39 is 0 Å². The number of nitrogens with one attached hydrogen (secondary N) is 1. The lowest BCUT2D eigenvalue weighted by Gasteiger charge is -2.27. The summed E-state index contributed by atoms with van der Waals surface area (Å²) >= 11 is 0. The molecule has 1 aliphatic carbocycles. The average molecular weight is 382 g/mol. The summed E-state index contributed by atoms with van der Waals surface area (Å²) in [5, 5.41) is 3.10. The molecule has 0 bridgehead atoms. The first-order valence-electron chi connectivity index (χ1n) is 9.50. The van der Waals surface area contributed by atoms with E-state index in [1.165, 1.54) is 11.1 Å². The minimum atomic E-state index is -0.0454. The minimum absolute atomic E-state index is 0. The zero-order chi connectivity index (χ0) is 18.2. The molecule has 1 aromatic rings. The Labute approximate surface area is 163 Å². The first kappa shape index (κ1) is 22.3. The normalized spacial score (nSPS) is 15.5. The van der Waals surface area contributed by atoms with Crippen molar-refractivity contribution in [3.63, 3.8) is 0 Å². The lowest BCUT2D eigenvalue weighted by Crippen LogP contribution is -2.35. The molecular formula is C20H32ClN3O2. The molecule has 0 fully saturated rings. The largest absolute Gasteiger partial charge is 0.399 e. The minimum Gasteiger partial charge on any atom is -0.399 e. The molecule has 0 radical (unpaired) electrons. The molecule has 0 saturated heterocycles. The molecule has 0 aromatic heterocycles. The van der Waals surface area contributed by atoms with Gasteiger partial charge in [0.2, 0.25) is 11.8 Å². The van der Waals surface area contributed by atoms with Gasteiger partial charge in [-0.25, -0.2) is 0 Å². The molecule has 3 N–H and O–H groups in total. The monoisotopic (exact) mass is 381 g/mol. The number of aryl methyl sites for hydroxylation is 1. The number of carbonyl (C=O) groups is 2. The molecule has 0 aliphatic heterocycles. The van der Waals surface area contributed by atoms with Gasteiger partial charge in [0.15, 0.2) is 0 Å². The molecule has 0 heterocycles. The molecule has 1 atom stereocenters. The van der Waals surface area contributed by atoms with Crippen LogP contribution in [-0.4, -0.2) is 29.8 Å². The molecule has 5 nitrogen and oxygen atoms in total. The number of halogens is 1. The second-order valence-electron chi connectivity index (χ2n) is 6.85. The van der Waals surface area contributed by atoms with Gasteiger partial charge in [0.05, 0.1) is 6.04 Å².